The highest BCUT2D eigenvalue weighted by molar-refractivity contribution is 6.34. The molecule has 2 aromatic carbocycles. The largest absolute Gasteiger partial charge is 0.497 e. The standard InChI is InChI=1S/C24H30ClN3O4/c1-30-19-5-3-18(4-6-19)7-8-27-9-11-28(12-10-27)17-24(29)26-21-16-23-22(15-20(21)25)31-13-2-14-32-23/h3-6,15-16H,2,7-14,17H2,1H3,(H,26,29). The van der Waals surface area contributed by atoms with E-state index in [1.807, 2.05) is 12.1 Å². The number of piperazine rings is 1. The van der Waals surface area contributed by atoms with E-state index in [0.29, 0.717) is 42.0 Å². The van der Waals surface area contributed by atoms with E-state index >= 15 is 0 Å². The molecule has 2 heterocycles. The van der Waals surface area contributed by atoms with Gasteiger partial charge in [-0.25, -0.2) is 0 Å². The van der Waals surface area contributed by atoms with Gasteiger partial charge in [0.05, 0.1) is 37.6 Å². The average molecular weight is 460 g/mol. The Hall–Kier alpha value is -2.48. The van der Waals surface area contributed by atoms with E-state index in [1.54, 1.807) is 19.2 Å². The van der Waals surface area contributed by atoms with Crippen LogP contribution in [0.2, 0.25) is 5.02 Å². The number of hydrogen-bond donors (Lipinski definition) is 1. The summed E-state index contributed by atoms with van der Waals surface area (Å²) in [5.74, 6) is 2.05. The molecule has 0 aromatic heterocycles. The Labute approximate surface area is 194 Å². The van der Waals surface area contributed by atoms with Crippen molar-refractivity contribution in [2.75, 3.05) is 64.9 Å². The molecule has 2 aliphatic heterocycles. The number of nitrogens with zero attached hydrogens (tertiary/aromatic N) is 2. The second-order valence-electron chi connectivity index (χ2n) is 8.09. The molecular formula is C24H30ClN3O4. The lowest BCUT2D eigenvalue weighted by atomic mass is 10.1. The number of ether oxygens (including phenoxy) is 3. The van der Waals surface area contributed by atoms with Gasteiger partial charge in [-0.05, 0) is 24.1 Å². The van der Waals surface area contributed by atoms with Crippen LogP contribution in [0.15, 0.2) is 36.4 Å². The van der Waals surface area contributed by atoms with E-state index < -0.39 is 0 Å². The number of carbonyl (C=O) groups excluding carboxylic acids is 1. The molecule has 1 N–H and O–H groups in total. The van der Waals surface area contributed by atoms with Gasteiger partial charge in [-0.1, -0.05) is 23.7 Å². The summed E-state index contributed by atoms with van der Waals surface area (Å²) in [6, 6.07) is 11.7. The van der Waals surface area contributed by atoms with Crippen LogP contribution >= 0.6 is 11.6 Å². The predicted molar refractivity (Wildman–Crippen MR) is 125 cm³/mol. The summed E-state index contributed by atoms with van der Waals surface area (Å²) in [5, 5.41) is 3.37. The van der Waals surface area contributed by atoms with Crippen LogP contribution in [-0.2, 0) is 11.2 Å². The van der Waals surface area contributed by atoms with Gasteiger partial charge >= 0.3 is 0 Å². The summed E-state index contributed by atoms with van der Waals surface area (Å²) < 4.78 is 16.5. The van der Waals surface area contributed by atoms with Crippen molar-refractivity contribution in [3.63, 3.8) is 0 Å². The molecule has 0 radical (unpaired) electrons. The molecule has 8 heteroatoms. The monoisotopic (exact) mass is 459 g/mol. The molecule has 1 saturated heterocycles. The van der Waals surface area contributed by atoms with Crippen molar-refractivity contribution in [2.45, 2.75) is 12.8 Å². The zero-order valence-corrected chi connectivity index (χ0v) is 19.2. The summed E-state index contributed by atoms with van der Waals surface area (Å²) in [6.07, 6.45) is 1.83. The van der Waals surface area contributed by atoms with Gasteiger partial charge in [0.25, 0.3) is 0 Å². The van der Waals surface area contributed by atoms with Gasteiger partial charge in [0.1, 0.15) is 5.75 Å². The molecule has 32 heavy (non-hydrogen) atoms. The Morgan fingerprint density at radius 1 is 1.03 bits per heavy atom. The molecule has 0 unspecified atom stereocenters. The van der Waals surface area contributed by atoms with Gasteiger partial charge in [-0.3, -0.25) is 9.69 Å². The summed E-state index contributed by atoms with van der Waals surface area (Å²) in [5.41, 5.74) is 1.86. The topological polar surface area (TPSA) is 63.3 Å². The number of benzene rings is 2. The minimum absolute atomic E-state index is 0.0759. The maximum Gasteiger partial charge on any atom is 0.238 e. The summed E-state index contributed by atoms with van der Waals surface area (Å²) in [6.45, 7) is 6.18. The van der Waals surface area contributed by atoms with Crippen molar-refractivity contribution in [1.82, 2.24) is 9.80 Å². The number of halogens is 1. The first-order chi connectivity index (χ1) is 15.6. The molecule has 0 spiro atoms. The third kappa shape index (κ3) is 6.06. The Morgan fingerprint density at radius 3 is 2.38 bits per heavy atom. The smallest absolute Gasteiger partial charge is 0.238 e. The quantitative estimate of drug-likeness (QED) is 0.685. The van der Waals surface area contributed by atoms with E-state index in [-0.39, 0.29) is 5.91 Å². The van der Waals surface area contributed by atoms with Gasteiger partial charge in [0.2, 0.25) is 5.91 Å². The molecule has 0 saturated carbocycles. The zero-order valence-electron chi connectivity index (χ0n) is 18.4. The maximum atomic E-state index is 12.6. The van der Waals surface area contributed by atoms with Crippen molar-refractivity contribution in [3.05, 3.63) is 47.0 Å². The fraction of sp³-hybridized carbons (Fsp3) is 0.458. The normalized spacial score (nSPS) is 16.9. The molecule has 172 valence electrons. The number of hydrogen-bond acceptors (Lipinski definition) is 6. The lowest BCUT2D eigenvalue weighted by molar-refractivity contribution is -0.117. The molecule has 1 amide bonds. The molecule has 0 atom stereocenters. The van der Waals surface area contributed by atoms with Gasteiger partial charge < -0.3 is 24.4 Å². The number of rotatable bonds is 7. The van der Waals surface area contributed by atoms with E-state index in [0.717, 1.165) is 51.3 Å². The highest BCUT2D eigenvalue weighted by atomic mass is 35.5. The lowest BCUT2D eigenvalue weighted by Crippen LogP contribution is -2.49. The molecule has 2 aliphatic rings. The van der Waals surface area contributed by atoms with Crippen LogP contribution in [-0.4, -0.2) is 75.3 Å². The Kier molecular flexibility index (Phi) is 7.73. The van der Waals surface area contributed by atoms with Crippen LogP contribution in [0.5, 0.6) is 17.2 Å². The second kappa shape index (κ2) is 10.9. The third-order valence-electron chi connectivity index (χ3n) is 5.82. The van der Waals surface area contributed by atoms with E-state index in [2.05, 4.69) is 27.2 Å². The molecule has 1 fully saturated rings. The highest BCUT2D eigenvalue weighted by Crippen LogP contribution is 2.37. The number of amides is 1. The van der Waals surface area contributed by atoms with Crippen LogP contribution in [0.4, 0.5) is 5.69 Å². The second-order valence-corrected chi connectivity index (χ2v) is 8.50. The highest BCUT2D eigenvalue weighted by Gasteiger charge is 2.20. The van der Waals surface area contributed by atoms with Gasteiger partial charge in [0.15, 0.2) is 11.5 Å². The minimum Gasteiger partial charge on any atom is -0.497 e. The predicted octanol–water partition coefficient (Wildman–Crippen LogP) is 3.31. The average Bonchev–Trinajstić information content (AvgIpc) is 3.04. The molecule has 7 nitrogen and oxygen atoms in total. The van der Waals surface area contributed by atoms with E-state index in [1.165, 1.54) is 5.56 Å². The third-order valence-corrected chi connectivity index (χ3v) is 6.13. The SMILES string of the molecule is COc1ccc(CCN2CCN(CC(=O)Nc3cc4c(cc3Cl)OCCCO4)CC2)cc1. The van der Waals surface area contributed by atoms with Crippen molar-refractivity contribution in [3.8, 4) is 17.2 Å². The van der Waals surface area contributed by atoms with E-state index in [9.17, 15) is 4.79 Å². The molecular weight excluding hydrogens is 430 g/mol. The minimum atomic E-state index is -0.0759. The van der Waals surface area contributed by atoms with Gasteiger partial charge in [-0.2, -0.15) is 0 Å². The fourth-order valence-corrected chi connectivity index (χ4v) is 4.12. The van der Waals surface area contributed by atoms with Crippen LogP contribution in [0, 0.1) is 0 Å². The first-order valence-electron chi connectivity index (χ1n) is 11.1. The van der Waals surface area contributed by atoms with Gasteiger partial charge in [0, 0.05) is 51.3 Å². The van der Waals surface area contributed by atoms with Crippen LogP contribution in [0.3, 0.4) is 0 Å². The molecule has 0 aliphatic carbocycles. The van der Waals surface area contributed by atoms with Gasteiger partial charge in [-0.15, -0.1) is 0 Å². The number of methoxy groups -OCH3 is 1. The lowest BCUT2D eigenvalue weighted by Gasteiger charge is -2.34. The number of fused-ring (bicyclic) bond motifs is 1. The Morgan fingerprint density at radius 2 is 1.69 bits per heavy atom. The fourth-order valence-electron chi connectivity index (χ4n) is 3.92. The molecule has 0 bridgehead atoms. The van der Waals surface area contributed by atoms with Crippen molar-refractivity contribution in [2.24, 2.45) is 0 Å². The first kappa shape index (κ1) is 22.7. The van der Waals surface area contributed by atoms with E-state index in [4.69, 9.17) is 25.8 Å². The van der Waals surface area contributed by atoms with Crippen LogP contribution < -0.4 is 19.5 Å². The maximum absolute atomic E-state index is 12.6. The van der Waals surface area contributed by atoms with Crippen LogP contribution in [0.1, 0.15) is 12.0 Å². The van der Waals surface area contributed by atoms with Crippen molar-refractivity contribution in [1.29, 1.82) is 0 Å². The van der Waals surface area contributed by atoms with Crippen molar-refractivity contribution >= 4 is 23.2 Å². The number of anilines is 1. The summed E-state index contributed by atoms with van der Waals surface area (Å²) in [7, 11) is 1.68. The molecule has 2 aromatic rings. The number of carbonyl (C=O) groups is 1. The Balaban J connectivity index is 1.22. The molecule has 4 rings (SSSR count). The number of nitrogens with one attached hydrogen (secondary N) is 1. The first-order valence-corrected chi connectivity index (χ1v) is 11.4. The van der Waals surface area contributed by atoms with Crippen LogP contribution in [0.25, 0.3) is 0 Å². The van der Waals surface area contributed by atoms with Crippen molar-refractivity contribution < 1.29 is 19.0 Å². The Bertz CT molecular complexity index is 914. The summed E-state index contributed by atoms with van der Waals surface area (Å²) >= 11 is 6.35. The summed E-state index contributed by atoms with van der Waals surface area (Å²) in [4.78, 5) is 17.2. The zero-order chi connectivity index (χ0) is 22.3.